The number of rotatable bonds is 3. The molecule has 0 radical (unpaired) electrons. The minimum Gasteiger partial charge on any atom is -0.351 e. The summed E-state index contributed by atoms with van der Waals surface area (Å²) in [5, 5.41) is 6.07. The van der Waals surface area contributed by atoms with E-state index in [4.69, 9.17) is 0 Å². The molecule has 2 N–H and O–H groups in total. The van der Waals surface area contributed by atoms with E-state index in [0.29, 0.717) is 31.6 Å². The molecule has 9 heteroatoms. The van der Waals surface area contributed by atoms with Gasteiger partial charge in [0.25, 0.3) is 5.91 Å². The summed E-state index contributed by atoms with van der Waals surface area (Å²) in [5.41, 5.74) is 0.517. The second-order valence-electron chi connectivity index (χ2n) is 9.28. The van der Waals surface area contributed by atoms with Crippen LogP contribution in [0.25, 0.3) is 0 Å². The molecule has 1 aromatic rings. The van der Waals surface area contributed by atoms with Crippen molar-refractivity contribution in [3.05, 3.63) is 24.0 Å². The van der Waals surface area contributed by atoms with E-state index >= 15 is 0 Å². The zero-order valence-electron chi connectivity index (χ0n) is 17.8. The highest BCUT2D eigenvalue weighted by molar-refractivity contribution is 6.00. The van der Waals surface area contributed by atoms with E-state index in [1.165, 1.54) is 0 Å². The number of hydrogen-bond donors (Lipinski definition) is 2. The maximum Gasteiger partial charge on any atom is 0.271 e. The molecule has 0 bridgehead atoms. The van der Waals surface area contributed by atoms with Crippen LogP contribution < -0.4 is 10.6 Å². The van der Waals surface area contributed by atoms with Gasteiger partial charge in [-0.05, 0) is 37.8 Å². The number of nitrogens with one attached hydrogen (secondary N) is 2. The van der Waals surface area contributed by atoms with Gasteiger partial charge in [-0.15, -0.1) is 0 Å². The van der Waals surface area contributed by atoms with Gasteiger partial charge in [0.1, 0.15) is 17.8 Å². The Bertz CT molecular complexity index is 921. The highest BCUT2D eigenvalue weighted by atomic mass is 16.2. The van der Waals surface area contributed by atoms with E-state index in [-0.39, 0.29) is 41.6 Å². The summed E-state index contributed by atoms with van der Waals surface area (Å²) in [6.45, 7) is 0.733. The Morgan fingerprint density at radius 2 is 1.94 bits per heavy atom. The average molecular weight is 428 g/mol. The van der Waals surface area contributed by atoms with Crippen molar-refractivity contribution in [3.8, 4) is 0 Å². The molecule has 4 aliphatic rings. The van der Waals surface area contributed by atoms with E-state index in [2.05, 4.69) is 10.6 Å². The zero-order chi connectivity index (χ0) is 21.7. The lowest BCUT2D eigenvalue weighted by Gasteiger charge is -2.29. The number of hydrogen-bond acceptors (Lipinski definition) is 4. The third kappa shape index (κ3) is 3.40. The van der Waals surface area contributed by atoms with E-state index in [1.807, 2.05) is 0 Å². The van der Waals surface area contributed by atoms with Crippen LogP contribution in [0.1, 0.15) is 49.0 Å². The predicted octanol–water partition coefficient (Wildman–Crippen LogP) is 0.0139. The topological polar surface area (TPSA) is 104 Å². The zero-order valence-corrected chi connectivity index (χ0v) is 17.8. The van der Waals surface area contributed by atoms with Crippen molar-refractivity contribution in [3.63, 3.8) is 0 Å². The molecule has 166 valence electrons. The van der Waals surface area contributed by atoms with Gasteiger partial charge in [-0.1, -0.05) is 12.8 Å². The van der Waals surface area contributed by atoms with Crippen LogP contribution in [0.5, 0.6) is 0 Å². The van der Waals surface area contributed by atoms with Crippen molar-refractivity contribution in [2.24, 2.45) is 13.0 Å². The Kier molecular flexibility index (Phi) is 4.98. The Labute approximate surface area is 181 Å². The Morgan fingerprint density at radius 1 is 1.16 bits per heavy atom. The normalized spacial score (nSPS) is 30.7. The average Bonchev–Trinajstić information content (AvgIpc) is 3.52. The second-order valence-corrected chi connectivity index (χ2v) is 9.28. The maximum absolute atomic E-state index is 13.5. The number of carbonyl (C=O) groups excluding carboxylic acids is 4. The lowest BCUT2D eigenvalue weighted by Crippen LogP contribution is -2.53. The molecule has 4 amide bonds. The van der Waals surface area contributed by atoms with Crippen molar-refractivity contribution in [1.82, 2.24) is 25.0 Å². The third-order valence-electron chi connectivity index (χ3n) is 7.36. The largest absolute Gasteiger partial charge is 0.351 e. The quantitative estimate of drug-likeness (QED) is 0.709. The molecule has 4 fully saturated rings. The number of aryl methyl sites for hydroxylation is 1. The van der Waals surface area contributed by atoms with Crippen LogP contribution in [0.2, 0.25) is 0 Å². The number of aromatic nitrogens is 1. The molecule has 1 aromatic heterocycles. The number of nitrogens with zero attached hydrogens (tertiary/aromatic N) is 3. The molecule has 1 saturated carbocycles. The molecular formula is C22H29N5O4. The summed E-state index contributed by atoms with van der Waals surface area (Å²) in [7, 11) is 1.80. The molecule has 1 aliphatic carbocycles. The van der Waals surface area contributed by atoms with Crippen LogP contribution in [0.4, 0.5) is 0 Å². The molecular weight excluding hydrogens is 398 g/mol. The number of likely N-dealkylation sites (tertiary alicyclic amines) is 1. The fourth-order valence-corrected chi connectivity index (χ4v) is 5.70. The Balaban J connectivity index is 1.33. The standard InChI is InChI=1S/C22H29N5O4/c1-25-9-4-7-16(25)21(30)26-10-8-15-18(26)22(31)27-12-14(11-17(27)20(29)24-15)23-19(28)13-5-2-3-6-13/h4,7,9,13-15,17-18H,2-3,5-6,8,10-12H2,1H3,(H,23,28)(H,24,29)/t14-,15+,17+,18-/m0/s1. The molecule has 4 heterocycles. The fourth-order valence-electron chi connectivity index (χ4n) is 5.70. The molecule has 0 unspecified atom stereocenters. The van der Waals surface area contributed by atoms with Crippen LogP contribution in [0.3, 0.4) is 0 Å². The number of fused-ring (bicyclic) bond motifs is 2. The minimum absolute atomic E-state index is 0.0345. The highest BCUT2D eigenvalue weighted by Gasteiger charge is 2.52. The van der Waals surface area contributed by atoms with Gasteiger partial charge in [-0.2, -0.15) is 0 Å². The van der Waals surface area contributed by atoms with Crippen molar-refractivity contribution >= 4 is 23.6 Å². The van der Waals surface area contributed by atoms with Gasteiger partial charge >= 0.3 is 0 Å². The first-order valence-corrected chi connectivity index (χ1v) is 11.3. The first-order chi connectivity index (χ1) is 14.9. The first-order valence-electron chi connectivity index (χ1n) is 11.3. The highest BCUT2D eigenvalue weighted by Crippen LogP contribution is 2.31. The van der Waals surface area contributed by atoms with E-state index in [9.17, 15) is 19.2 Å². The van der Waals surface area contributed by atoms with Crippen LogP contribution in [0, 0.1) is 5.92 Å². The number of amides is 4. The van der Waals surface area contributed by atoms with E-state index in [0.717, 1.165) is 25.7 Å². The van der Waals surface area contributed by atoms with Gasteiger partial charge in [0, 0.05) is 38.3 Å². The predicted molar refractivity (Wildman–Crippen MR) is 111 cm³/mol. The molecule has 31 heavy (non-hydrogen) atoms. The number of carbonyl (C=O) groups is 4. The molecule has 4 atom stereocenters. The van der Waals surface area contributed by atoms with Crippen molar-refractivity contribution in [2.75, 3.05) is 13.1 Å². The molecule has 5 rings (SSSR count). The summed E-state index contributed by atoms with van der Waals surface area (Å²) in [6, 6.07) is 1.62. The molecule has 0 aromatic carbocycles. The lowest BCUT2D eigenvalue weighted by atomic mass is 10.1. The first kappa shape index (κ1) is 20.1. The molecule has 0 spiro atoms. The molecule has 3 saturated heterocycles. The van der Waals surface area contributed by atoms with Crippen LogP contribution in [-0.2, 0) is 21.4 Å². The van der Waals surface area contributed by atoms with Gasteiger partial charge in [-0.3, -0.25) is 19.2 Å². The summed E-state index contributed by atoms with van der Waals surface area (Å²) in [4.78, 5) is 55.3. The van der Waals surface area contributed by atoms with Gasteiger partial charge in [0.2, 0.25) is 17.7 Å². The Hall–Kier alpha value is -2.84. The van der Waals surface area contributed by atoms with Gasteiger partial charge < -0.3 is 25.0 Å². The summed E-state index contributed by atoms with van der Waals surface area (Å²) in [6.07, 6.45) is 6.74. The fraction of sp³-hybridized carbons (Fsp3) is 0.636. The maximum atomic E-state index is 13.5. The van der Waals surface area contributed by atoms with Gasteiger partial charge in [0.05, 0.1) is 6.04 Å². The van der Waals surface area contributed by atoms with Crippen molar-refractivity contribution in [2.45, 2.75) is 62.7 Å². The van der Waals surface area contributed by atoms with Crippen LogP contribution in [0.15, 0.2) is 18.3 Å². The van der Waals surface area contributed by atoms with Crippen LogP contribution in [-0.4, -0.2) is 75.3 Å². The summed E-state index contributed by atoms with van der Waals surface area (Å²) in [5.74, 6) is -0.515. The SMILES string of the molecule is Cn1cccc1C(=O)N1CC[C@H]2NC(=O)[C@H]3C[C@H](NC(=O)C4CCCC4)CN3C(=O)[C@H]21. The van der Waals surface area contributed by atoms with Crippen molar-refractivity contribution in [1.29, 1.82) is 0 Å². The minimum atomic E-state index is -0.708. The lowest BCUT2D eigenvalue weighted by molar-refractivity contribution is -0.138. The third-order valence-corrected chi connectivity index (χ3v) is 7.36. The van der Waals surface area contributed by atoms with Gasteiger partial charge in [-0.25, -0.2) is 0 Å². The van der Waals surface area contributed by atoms with Crippen LogP contribution >= 0.6 is 0 Å². The molecule has 9 nitrogen and oxygen atoms in total. The van der Waals surface area contributed by atoms with E-state index < -0.39 is 12.1 Å². The second kappa shape index (κ2) is 7.69. The summed E-state index contributed by atoms with van der Waals surface area (Å²) >= 11 is 0. The smallest absolute Gasteiger partial charge is 0.271 e. The Morgan fingerprint density at radius 3 is 2.65 bits per heavy atom. The van der Waals surface area contributed by atoms with Gasteiger partial charge in [0.15, 0.2) is 0 Å². The monoisotopic (exact) mass is 427 g/mol. The van der Waals surface area contributed by atoms with E-state index in [1.54, 1.807) is 39.7 Å². The molecule has 3 aliphatic heterocycles. The van der Waals surface area contributed by atoms with Crippen molar-refractivity contribution < 1.29 is 19.2 Å². The summed E-state index contributed by atoms with van der Waals surface area (Å²) < 4.78 is 1.74.